The van der Waals surface area contributed by atoms with Gasteiger partial charge < -0.3 is 29.9 Å². The number of benzene rings is 2. The van der Waals surface area contributed by atoms with E-state index in [2.05, 4.69) is 30.5 Å². The van der Waals surface area contributed by atoms with Gasteiger partial charge in [-0.25, -0.2) is 13.4 Å². The maximum absolute atomic E-state index is 12.0. The number of quaternary nitrogens is 1. The number of aromatic nitrogens is 3. The molecule has 0 aliphatic carbocycles. The van der Waals surface area contributed by atoms with E-state index in [0.717, 1.165) is 16.2 Å². The average Bonchev–Trinajstić information content (AvgIpc) is 3.35. The molecule has 0 aliphatic rings. The standard InChI is InChI=1S/C19H13N7O5S2.C9H21NO3/c1-9-2-7-12-14(15(9)33(29,30)31)32-18(22-12)10-3-5-11(6-4-10)25-26-13-16(27)23-19(21-8-20)24-17(13)28;1-7(11)4-10(5-8(2)12)6-9(3)13/h2-7H,1H3,(H,29,30,31)(H3,21,23,24,27,28);7-9,11-13H,4-6H2,1-3H3. The first-order chi connectivity index (χ1) is 21.6. The summed E-state index contributed by atoms with van der Waals surface area (Å²) in [5.41, 5.74) is 0.515. The fourth-order valence-corrected chi connectivity index (χ4v) is 6.73. The molecule has 4 rings (SSSR count). The number of hydrogen-bond donors (Lipinski definition) is 7. The highest BCUT2D eigenvalue weighted by molar-refractivity contribution is 7.86. The molecule has 2 aromatic carbocycles. The zero-order chi connectivity index (χ0) is 34.2. The molecule has 0 amide bonds. The van der Waals surface area contributed by atoms with Crippen LogP contribution in [0.1, 0.15) is 26.3 Å². The number of anilines is 1. The van der Waals surface area contributed by atoms with Crippen molar-refractivity contribution in [2.75, 3.05) is 25.0 Å². The van der Waals surface area contributed by atoms with Gasteiger partial charge in [-0.1, -0.05) is 6.07 Å². The summed E-state index contributed by atoms with van der Waals surface area (Å²) in [7, 11) is -4.66. The van der Waals surface area contributed by atoms with Crippen LogP contribution in [-0.4, -0.2) is 86.3 Å². The second-order valence-corrected chi connectivity index (χ2v) is 12.8. The number of thiazole rings is 1. The minimum Gasteiger partial charge on any atom is -0.744 e. The lowest BCUT2D eigenvalue weighted by molar-refractivity contribution is -0.908. The third-order valence-corrected chi connectivity index (χ3v) is 8.43. The summed E-state index contributed by atoms with van der Waals surface area (Å²) >= 11 is 1.08. The summed E-state index contributed by atoms with van der Waals surface area (Å²) in [6, 6.07) is 9.66. The van der Waals surface area contributed by atoms with Gasteiger partial charge in [-0.05, 0) is 63.6 Å². The molecule has 18 heteroatoms. The molecule has 2 aromatic heterocycles. The monoisotopic (exact) mass is 674 g/mol. The maximum Gasteiger partial charge on any atom is 0.284 e. The van der Waals surface area contributed by atoms with Crippen LogP contribution >= 0.6 is 11.3 Å². The van der Waals surface area contributed by atoms with Crippen molar-refractivity contribution in [3.8, 4) is 22.6 Å². The Labute approximate surface area is 268 Å². The summed E-state index contributed by atoms with van der Waals surface area (Å²) < 4.78 is 35.3. The number of aromatic amines is 1. The lowest BCUT2D eigenvalue weighted by atomic mass is 10.2. The van der Waals surface area contributed by atoms with E-state index in [1.165, 1.54) is 6.07 Å². The number of azo groups is 1. The molecule has 0 bridgehead atoms. The quantitative estimate of drug-likeness (QED) is 0.0514. The number of nitrogens with zero attached hydrogens (tertiary/aromatic N) is 5. The minimum absolute atomic E-state index is 0.234. The first kappa shape index (κ1) is 36.1. The molecule has 0 saturated carbocycles. The van der Waals surface area contributed by atoms with Gasteiger partial charge in [0.2, 0.25) is 17.5 Å². The van der Waals surface area contributed by atoms with Gasteiger partial charge in [-0.3, -0.25) is 15.1 Å². The molecule has 0 radical (unpaired) electrons. The van der Waals surface area contributed by atoms with Crippen LogP contribution in [-0.2, 0) is 10.1 Å². The second-order valence-electron chi connectivity index (χ2n) is 10.5. The Morgan fingerprint density at radius 3 is 2.11 bits per heavy atom. The summed E-state index contributed by atoms with van der Waals surface area (Å²) in [4.78, 5) is 23.0. The van der Waals surface area contributed by atoms with Gasteiger partial charge in [-0.15, -0.1) is 16.5 Å². The predicted molar refractivity (Wildman–Crippen MR) is 168 cm³/mol. The smallest absolute Gasteiger partial charge is 0.284 e. The number of aromatic hydroxyl groups is 1. The van der Waals surface area contributed by atoms with Crippen molar-refractivity contribution in [1.29, 1.82) is 5.26 Å². The number of fused-ring (bicyclic) bond motifs is 1. The van der Waals surface area contributed by atoms with Crippen LogP contribution in [0.2, 0.25) is 0 Å². The summed E-state index contributed by atoms with van der Waals surface area (Å²) in [5, 5.41) is 56.1. The van der Waals surface area contributed by atoms with Crippen molar-refractivity contribution < 1.29 is 38.3 Å². The molecule has 0 aliphatic heterocycles. The highest BCUT2D eigenvalue weighted by Gasteiger charge is 2.17. The zero-order valence-corrected chi connectivity index (χ0v) is 26.9. The molecular formula is C28H34N8O8S2. The van der Waals surface area contributed by atoms with Crippen LogP contribution < -0.4 is 15.8 Å². The van der Waals surface area contributed by atoms with Gasteiger partial charge in [-0.2, -0.15) is 15.4 Å². The number of nitrogens with one attached hydrogen (secondary N) is 3. The summed E-state index contributed by atoms with van der Waals surface area (Å²) in [6.45, 7) is 8.38. The molecule has 7 N–H and O–H groups in total. The predicted octanol–water partition coefficient (Wildman–Crippen LogP) is 1.29. The van der Waals surface area contributed by atoms with Gasteiger partial charge in [0, 0.05) is 5.56 Å². The fraction of sp³-hybridized carbons (Fsp3) is 0.357. The molecule has 0 spiro atoms. The highest BCUT2D eigenvalue weighted by Crippen LogP contribution is 2.36. The van der Waals surface area contributed by atoms with Gasteiger partial charge in [0.15, 0.2) is 6.19 Å². The molecule has 2 heterocycles. The van der Waals surface area contributed by atoms with Crippen molar-refractivity contribution in [3.05, 3.63) is 52.3 Å². The summed E-state index contributed by atoms with van der Waals surface area (Å²) in [5.74, 6) is -0.937. The third kappa shape index (κ3) is 10.1. The molecule has 246 valence electrons. The number of aryl methyl sites for hydroxylation is 1. The number of nitriles is 1. The highest BCUT2D eigenvalue weighted by atomic mass is 32.2. The molecule has 4 aromatic rings. The number of rotatable bonds is 11. The van der Waals surface area contributed by atoms with Crippen molar-refractivity contribution in [3.63, 3.8) is 0 Å². The van der Waals surface area contributed by atoms with Crippen LogP contribution in [0.25, 0.3) is 20.8 Å². The van der Waals surface area contributed by atoms with Crippen molar-refractivity contribution in [2.45, 2.75) is 50.9 Å². The lowest BCUT2D eigenvalue weighted by Gasteiger charge is -2.23. The van der Waals surface area contributed by atoms with E-state index < -0.39 is 45.6 Å². The van der Waals surface area contributed by atoms with Gasteiger partial charge >= 0.3 is 0 Å². The third-order valence-electron chi connectivity index (χ3n) is 6.14. The van der Waals surface area contributed by atoms with E-state index in [1.54, 1.807) is 64.2 Å². The molecule has 0 fully saturated rings. The first-order valence-corrected chi connectivity index (χ1v) is 16.1. The maximum atomic E-state index is 12.0. The number of aliphatic hydroxyl groups is 3. The van der Waals surface area contributed by atoms with Crippen LogP contribution in [0.5, 0.6) is 5.88 Å². The second kappa shape index (κ2) is 15.8. The van der Waals surface area contributed by atoms with Gasteiger partial charge in [0.05, 0.1) is 20.8 Å². The van der Waals surface area contributed by atoms with E-state index in [0.29, 0.717) is 51.7 Å². The molecule has 46 heavy (non-hydrogen) atoms. The molecular weight excluding hydrogens is 640 g/mol. The fourth-order valence-electron chi connectivity index (χ4n) is 4.44. The number of aliphatic hydroxyl groups excluding tert-OH is 3. The van der Waals surface area contributed by atoms with E-state index in [1.807, 2.05) is 0 Å². The van der Waals surface area contributed by atoms with Crippen LogP contribution in [0, 0.1) is 18.4 Å². The SMILES string of the molecule is CC(O)C[NH+](CC(C)O)CC(C)O.Cc1ccc2nc(-c3ccc(N=Nc4c(O)nc(NC#N)[nH]c4=O)cc3)sc2c1S(=O)(=O)[O-]. The van der Waals surface area contributed by atoms with E-state index in [4.69, 9.17) is 20.6 Å². The molecule has 16 nitrogen and oxygen atoms in total. The Balaban J connectivity index is 0.000000376. The zero-order valence-electron chi connectivity index (χ0n) is 25.3. The Morgan fingerprint density at radius 2 is 1.61 bits per heavy atom. The molecule has 3 atom stereocenters. The number of hydrogen-bond acceptors (Lipinski definition) is 15. The largest absolute Gasteiger partial charge is 0.744 e. The molecule has 3 unspecified atom stereocenters. The van der Waals surface area contributed by atoms with E-state index >= 15 is 0 Å². The normalized spacial score (nSPS) is 14.2. The van der Waals surface area contributed by atoms with Gasteiger partial charge in [0.25, 0.3) is 5.56 Å². The Hall–Kier alpha value is -4.35. The van der Waals surface area contributed by atoms with E-state index in [-0.39, 0.29) is 10.8 Å². The minimum atomic E-state index is -4.66. The Kier molecular flexibility index (Phi) is 12.4. The molecule has 0 saturated heterocycles. The van der Waals surface area contributed by atoms with Crippen LogP contribution in [0.15, 0.2) is 56.3 Å². The Morgan fingerprint density at radius 1 is 1.02 bits per heavy atom. The first-order valence-electron chi connectivity index (χ1n) is 13.8. The lowest BCUT2D eigenvalue weighted by Crippen LogP contribution is -3.15. The van der Waals surface area contributed by atoms with Crippen molar-refractivity contribution >= 4 is 49.0 Å². The number of H-pyrrole nitrogens is 1. The van der Waals surface area contributed by atoms with Crippen molar-refractivity contribution in [1.82, 2.24) is 15.0 Å². The Bertz CT molecular complexity index is 1860. The van der Waals surface area contributed by atoms with Crippen LogP contribution in [0.4, 0.5) is 17.3 Å². The van der Waals surface area contributed by atoms with Gasteiger partial charge in [0.1, 0.15) is 53.1 Å². The van der Waals surface area contributed by atoms with Crippen LogP contribution in [0.3, 0.4) is 0 Å². The van der Waals surface area contributed by atoms with E-state index in [9.17, 15) is 22.9 Å². The summed E-state index contributed by atoms with van der Waals surface area (Å²) in [6.07, 6.45) is 0.371. The topological polar surface area (TPSA) is 262 Å². The average molecular weight is 675 g/mol. The van der Waals surface area contributed by atoms with Crippen molar-refractivity contribution in [2.24, 2.45) is 10.2 Å².